The van der Waals surface area contributed by atoms with E-state index >= 15 is 0 Å². The van der Waals surface area contributed by atoms with Crippen molar-refractivity contribution in [2.24, 2.45) is 39.8 Å². The van der Waals surface area contributed by atoms with E-state index in [1.165, 1.54) is 6.08 Å². The minimum atomic E-state index is -0.784. The molecule has 2 bridgehead atoms. The van der Waals surface area contributed by atoms with Gasteiger partial charge in [-0.05, 0) is 75.2 Å². The number of amides is 1. The van der Waals surface area contributed by atoms with Crippen LogP contribution in [-0.4, -0.2) is 54.0 Å². The Labute approximate surface area is 238 Å². The second-order valence-electron chi connectivity index (χ2n) is 12.6. The van der Waals surface area contributed by atoms with Gasteiger partial charge < -0.3 is 20.4 Å². The normalized spacial score (nSPS) is 28.8. The number of rotatable bonds is 14. The van der Waals surface area contributed by atoms with Crippen molar-refractivity contribution in [1.29, 1.82) is 0 Å². The first kappa shape index (κ1) is 31.8. The Morgan fingerprint density at radius 3 is 2.60 bits per heavy atom. The van der Waals surface area contributed by atoms with Crippen molar-refractivity contribution in [1.82, 2.24) is 10.7 Å². The molecule has 1 amide bonds. The van der Waals surface area contributed by atoms with E-state index in [9.17, 15) is 19.7 Å². The number of carbonyl (C=O) groups excluding carboxylic acids is 2. The van der Waals surface area contributed by atoms with E-state index in [-0.39, 0.29) is 59.6 Å². The van der Waals surface area contributed by atoms with E-state index in [1.807, 2.05) is 13.0 Å². The van der Waals surface area contributed by atoms with Crippen LogP contribution in [0.5, 0.6) is 0 Å². The number of nitrogens with one attached hydrogen (secondary N) is 2. The highest BCUT2D eigenvalue weighted by Crippen LogP contribution is 2.65. The zero-order valence-corrected chi connectivity index (χ0v) is 24.7. The molecule has 4 rings (SSSR count). The van der Waals surface area contributed by atoms with Crippen LogP contribution in [0.2, 0.25) is 0 Å². The predicted octanol–water partition coefficient (Wildman–Crippen LogP) is 3.37. The Morgan fingerprint density at radius 1 is 1.25 bits per heavy atom. The van der Waals surface area contributed by atoms with Crippen LogP contribution in [0.3, 0.4) is 0 Å². The summed E-state index contributed by atoms with van der Waals surface area (Å²) in [5.74, 6) is -0.349. The third-order valence-corrected chi connectivity index (χ3v) is 8.95. The summed E-state index contributed by atoms with van der Waals surface area (Å²) in [6.07, 6.45) is 10.3. The number of nitrogens with two attached hydrogens (primary N) is 1. The van der Waals surface area contributed by atoms with Crippen LogP contribution in [0.15, 0.2) is 29.3 Å². The Kier molecular flexibility index (Phi) is 10.6. The molecule has 4 aliphatic rings. The fourth-order valence-corrected chi connectivity index (χ4v) is 6.69. The van der Waals surface area contributed by atoms with Crippen molar-refractivity contribution in [2.45, 2.75) is 97.7 Å². The third kappa shape index (κ3) is 7.51. The highest BCUT2D eigenvalue weighted by Gasteiger charge is 2.68. The molecular weight excluding hydrogens is 513 g/mol. The number of hydrazine groups is 1. The molecule has 222 valence electrons. The molecule has 1 heterocycles. The van der Waals surface area contributed by atoms with E-state index in [2.05, 4.69) is 44.9 Å². The SMILES string of the molecule is C/C=C/C=C/C(=O)C[C@@H](CCCN=C(N)N[N+](=O)[O-])C(=O)N[C@@H](CC(C)C)B1O[C@@H]2C[C@H]3C[C@H](C3(C)C)[C@]2(C)O1. The van der Waals surface area contributed by atoms with Gasteiger partial charge in [-0.15, -0.1) is 0 Å². The molecule has 11 nitrogen and oxygen atoms in total. The monoisotopic (exact) mass is 559 g/mol. The molecule has 0 aromatic carbocycles. The molecular formula is C28H46BN5O6. The van der Waals surface area contributed by atoms with Crippen LogP contribution in [-0.2, 0) is 18.9 Å². The lowest BCUT2D eigenvalue weighted by atomic mass is 9.43. The van der Waals surface area contributed by atoms with Gasteiger partial charge in [0.2, 0.25) is 5.91 Å². The number of guanidine groups is 1. The van der Waals surface area contributed by atoms with E-state index in [4.69, 9.17) is 15.0 Å². The quantitative estimate of drug-likeness (QED) is 0.0427. The van der Waals surface area contributed by atoms with Crippen LogP contribution in [0.25, 0.3) is 0 Å². The number of allylic oxidation sites excluding steroid dienone is 4. The second-order valence-corrected chi connectivity index (χ2v) is 12.6. The van der Waals surface area contributed by atoms with Crippen LogP contribution in [0.1, 0.15) is 80.1 Å². The van der Waals surface area contributed by atoms with Gasteiger partial charge in [0.15, 0.2) is 10.8 Å². The Bertz CT molecular complexity index is 1030. The van der Waals surface area contributed by atoms with E-state index in [0.717, 1.165) is 12.8 Å². The molecule has 12 heteroatoms. The number of hydrogen-bond donors (Lipinski definition) is 3. The van der Waals surface area contributed by atoms with Crippen LogP contribution >= 0.6 is 0 Å². The van der Waals surface area contributed by atoms with Crippen LogP contribution in [0, 0.1) is 39.2 Å². The van der Waals surface area contributed by atoms with Crippen molar-refractivity contribution >= 4 is 24.8 Å². The fraction of sp³-hybridized carbons (Fsp3) is 0.750. The molecule has 0 radical (unpaired) electrons. The zero-order chi connectivity index (χ0) is 29.7. The number of hydrogen-bond acceptors (Lipinski definition) is 7. The van der Waals surface area contributed by atoms with Gasteiger partial charge in [-0.2, -0.15) is 0 Å². The Balaban J connectivity index is 1.70. The fourth-order valence-electron chi connectivity index (χ4n) is 6.69. The maximum absolute atomic E-state index is 13.6. The van der Waals surface area contributed by atoms with Gasteiger partial charge in [-0.3, -0.25) is 9.59 Å². The maximum Gasteiger partial charge on any atom is 0.481 e. The van der Waals surface area contributed by atoms with Crippen molar-refractivity contribution in [3.8, 4) is 0 Å². The molecule has 3 aliphatic carbocycles. The third-order valence-electron chi connectivity index (χ3n) is 8.95. The maximum atomic E-state index is 13.6. The number of ketones is 1. The van der Waals surface area contributed by atoms with Gasteiger partial charge in [0, 0.05) is 18.9 Å². The number of nitro groups is 1. The lowest BCUT2D eigenvalue weighted by Gasteiger charge is -2.64. The minimum Gasteiger partial charge on any atom is -0.404 e. The topological polar surface area (TPSA) is 158 Å². The molecule has 1 aliphatic heterocycles. The Morgan fingerprint density at radius 2 is 1.98 bits per heavy atom. The molecule has 0 aromatic rings. The summed E-state index contributed by atoms with van der Waals surface area (Å²) in [5, 5.41) is 12.9. The largest absolute Gasteiger partial charge is 0.481 e. The minimum absolute atomic E-state index is 0.00562. The summed E-state index contributed by atoms with van der Waals surface area (Å²) in [4.78, 5) is 40.7. The molecule has 0 spiro atoms. The smallest absolute Gasteiger partial charge is 0.404 e. The summed E-state index contributed by atoms with van der Waals surface area (Å²) >= 11 is 0. The van der Waals surface area contributed by atoms with Gasteiger partial charge in [0.1, 0.15) is 0 Å². The molecule has 0 aromatic heterocycles. The number of nitrogens with zero attached hydrogens (tertiary/aromatic N) is 2. The van der Waals surface area contributed by atoms with Gasteiger partial charge >= 0.3 is 7.12 Å². The molecule has 3 saturated carbocycles. The first-order valence-electron chi connectivity index (χ1n) is 14.4. The van der Waals surface area contributed by atoms with Gasteiger partial charge in [-0.25, -0.2) is 15.1 Å². The number of carbonyl (C=O) groups is 2. The van der Waals surface area contributed by atoms with Gasteiger partial charge in [0.25, 0.3) is 5.96 Å². The molecule has 40 heavy (non-hydrogen) atoms. The average molecular weight is 560 g/mol. The van der Waals surface area contributed by atoms with Gasteiger partial charge in [0.05, 0.1) is 17.6 Å². The summed E-state index contributed by atoms with van der Waals surface area (Å²) in [7, 11) is -0.556. The van der Waals surface area contributed by atoms with Crippen LogP contribution < -0.4 is 16.5 Å². The second kappa shape index (κ2) is 13.3. The zero-order valence-electron chi connectivity index (χ0n) is 24.7. The van der Waals surface area contributed by atoms with Gasteiger partial charge in [-0.1, -0.05) is 51.3 Å². The lowest BCUT2D eigenvalue weighted by Crippen LogP contribution is -2.65. The Hall–Kier alpha value is -2.73. The van der Waals surface area contributed by atoms with Crippen molar-refractivity contribution in [3.63, 3.8) is 0 Å². The standard InChI is InChI=1S/C28H46BN5O6/c1-7-8-9-12-21(35)15-19(11-10-13-31-26(30)33-34(37)38)25(36)32-24(14-18(2)3)29-39-23-17-20-16-22(27(20,4)5)28(23,6)40-29/h7-9,12,18-20,22-24H,10-11,13-17H2,1-6H3,(H,32,36)(H3,30,31,33)/b8-7+,12-9+/t19-,20-,22-,23-,24+,28+/m1/s1. The molecule has 6 atom stereocenters. The first-order chi connectivity index (χ1) is 18.8. The first-order valence-corrected chi connectivity index (χ1v) is 14.4. The van der Waals surface area contributed by atoms with Crippen LogP contribution in [0.4, 0.5) is 0 Å². The molecule has 0 unspecified atom stereocenters. The summed E-state index contributed by atoms with van der Waals surface area (Å²) in [5.41, 5.74) is 7.12. The van der Waals surface area contributed by atoms with E-state index in [1.54, 1.807) is 17.6 Å². The molecule has 4 fully saturated rings. The summed E-state index contributed by atoms with van der Waals surface area (Å²) in [6, 6.07) is 0. The highest BCUT2D eigenvalue weighted by atomic mass is 16.7. The lowest BCUT2D eigenvalue weighted by molar-refractivity contribution is -0.525. The predicted molar refractivity (Wildman–Crippen MR) is 154 cm³/mol. The summed E-state index contributed by atoms with van der Waals surface area (Å²) < 4.78 is 13.2. The van der Waals surface area contributed by atoms with Crippen molar-refractivity contribution in [3.05, 3.63) is 34.4 Å². The van der Waals surface area contributed by atoms with Crippen molar-refractivity contribution < 1.29 is 23.9 Å². The molecule has 4 N–H and O–H groups in total. The van der Waals surface area contributed by atoms with E-state index < -0.39 is 18.1 Å². The molecule has 1 saturated heterocycles. The average Bonchev–Trinajstić information content (AvgIpc) is 3.22. The van der Waals surface area contributed by atoms with Crippen molar-refractivity contribution in [2.75, 3.05) is 6.54 Å². The van der Waals surface area contributed by atoms with E-state index in [0.29, 0.717) is 31.1 Å². The number of aliphatic imine (C=N–C) groups is 1. The summed E-state index contributed by atoms with van der Waals surface area (Å²) in [6.45, 7) is 13.0. The highest BCUT2D eigenvalue weighted by molar-refractivity contribution is 6.47.